The molecule has 0 aliphatic heterocycles. The van der Waals surface area contributed by atoms with Gasteiger partial charge in [-0.1, -0.05) is 60.1 Å². The van der Waals surface area contributed by atoms with Gasteiger partial charge in [0.25, 0.3) is 0 Å². The summed E-state index contributed by atoms with van der Waals surface area (Å²) >= 11 is 0. The fourth-order valence-electron chi connectivity index (χ4n) is 3.47. The van der Waals surface area contributed by atoms with E-state index in [0.29, 0.717) is 0 Å². The zero-order chi connectivity index (χ0) is 16.1. The summed E-state index contributed by atoms with van der Waals surface area (Å²) in [4.78, 5) is 0. The summed E-state index contributed by atoms with van der Waals surface area (Å²) in [6.07, 6.45) is 0. The molecule has 5 aromatic rings. The minimum Gasteiger partial charge on any atom is -0.456 e. The highest BCUT2D eigenvalue weighted by Gasteiger charge is 2.09. The van der Waals surface area contributed by atoms with Crippen LogP contribution < -0.4 is 5.46 Å². The van der Waals surface area contributed by atoms with E-state index in [0.717, 1.165) is 11.2 Å². The van der Waals surface area contributed by atoms with Crippen molar-refractivity contribution < 1.29 is 4.42 Å². The molecular weight excluding hydrogens is 291 g/mol. The Kier molecular flexibility index (Phi) is 2.80. The predicted molar refractivity (Wildman–Crippen MR) is 105 cm³/mol. The monoisotopic (exact) mass is 306 g/mol. The maximum absolute atomic E-state index is 6.08. The second kappa shape index (κ2) is 5.00. The largest absolute Gasteiger partial charge is 0.456 e. The SMILES string of the molecule is Bc1cccc(-c2ccc3oc4cc5ccccc5cc4c3c2)c1. The molecule has 2 heteroatoms. The maximum atomic E-state index is 6.08. The number of furan rings is 1. The summed E-state index contributed by atoms with van der Waals surface area (Å²) < 4.78 is 6.08. The van der Waals surface area contributed by atoms with Crippen molar-refractivity contribution in [1.29, 1.82) is 0 Å². The van der Waals surface area contributed by atoms with E-state index >= 15 is 0 Å². The number of hydrogen-bond acceptors (Lipinski definition) is 1. The van der Waals surface area contributed by atoms with Gasteiger partial charge in [0.1, 0.15) is 19.0 Å². The molecule has 0 amide bonds. The zero-order valence-corrected chi connectivity index (χ0v) is 13.4. The topological polar surface area (TPSA) is 13.1 Å². The molecule has 4 aromatic carbocycles. The molecule has 1 aromatic heterocycles. The van der Waals surface area contributed by atoms with Crippen molar-refractivity contribution >= 4 is 46.0 Å². The Morgan fingerprint density at radius 1 is 0.583 bits per heavy atom. The Balaban J connectivity index is 1.81. The minimum absolute atomic E-state index is 0.941. The normalized spacial score (nSPS) is 11.5. The lowest BCUT2D eigenvalue weighted by molar-refractivity contribution is 0.669. The van der Waals surface area contributed by atoms with Crippen molar-refractivity contribution in [2.75, 3.05) is 0 Å². The molecule has 5 rings (SSSR count). The minimum atomic E-state index is 0.941. The van der Waals surface area contributed by atoms with Crippen LogP contribution in [0.5, 0.6) is 0 Å². The van der Waals surface area contributed by atoms with Gasteiger partial charge in [0.15, 0.2) is 0 Å². The second-order valence-corrected chi connectivity index (χ2v) is 6.38. The Hall–Kier alpha value is -3.00. The highest BCUT2D eigenvalue weighted by molar-refractivity contribution is 6.32. The first kappa shape index (κ1) is 13.4. The predicted octanol–water partition coefficient (Wildman–Crippen LogP) is 4.66. The van der Waals surface area contributed by atoms with Crippen LogP contribution in [0.3, 0.4) is 0 Å². The van der Waals surface area contributed by atoms with Crippen LogP contribution in [0.4, 0.5) is 0 Å². The van der Waals surface area contributed by atoms with E-state index in [9.17, 15) is 0 Å². The van der Waals surface area contributed by atoms with Crippen molar-refractivity contribution in [3.8, 4) is 11.1 Å². The smallest absolute Gasteiger partial charge is 0.139 e. The first-order valence-corrected chi connectivity index (χ1v) is 8.20. The van der Waals surface area contributed by atoms with Crippen LogP contribution in [-0.2, 0) is 0 Å². The summed E-state index contributed by atoms with van der Waals surface area (Å²) in [7, 11) is 2.13. The molecule has 24 heavy (non-hydrogen) atoms. The van der Waals surface area contributed by atoms with E-state index < -0.39 is 0 Å². The van der Waals surface area contributed by atoms with Crippen LogP contribution in [-0.4, -0.2) is 7.85 Å². The third-order valence-electron chi connectivity index (χ3n) is 4.69. The first-order chi connectivity index (χ1) is 11.8. The van der Waals surface area contributed by atoms with Crippen LogP contribution in [0.25, 0.3) is 43.8 Å². The van der Waals surface area contributed by atoms with E-state index in [1.807, 2.05) is 0 Å². The number of rotatable bonds is 1. The molecule has 112 valence electrons. The third kappa shape index (κ3) is 2.04. The molecule has 1 heterocycles. The molecule has 0 radical (unpaired) electrons. The lowest BCUT2D eigenvalue weighted by Crippen LogP contribution is -2.00. The molecule has 1 nitrogen and oxygen atoms in total. The van der Waals surface area contributed by atoms with Crippen molar-refractivity contribution in [1.82, 2.24) is 0 Å². The van der Waals surface area contributed by atoms with E-state index in [1.165, 1.54) is 38.1 Å². The van der Waals surface area contributed by atoms with Crippen LogP contribution in [0, 0.1) is 0 Å². The number of fused-ring (bicyclic) bond motifs is 4. The Morgan fingerprint density at radius 3 is 2.17 bits per heavy atom. The lowest BCUT2D eigenvalue weighted by atomic mass is 9.92. The molecule has 0 unspecified atom stereocenters. The van der Waals surface area contributed by atoms with Gasteiger partial charge in [0, 0.05) is 10.8 Å². The lowest BCUT2D eigenvalue weighted by Gasteiger charge is -2.03. The van der Waals surface area contributed by atoms with Crippen molar-refractivity contribution in [2.45, 2.75) is 0 Å². The van der Waals surface area contributed by atoms with Gasteiger partial charge in [-0.2, -0.15) is 0 Å². The average Bonchev–Trinajstić information content (AvgIpc) is 2.96. The quantitative estimate of drug-likeness (QED) is 0.410. The fraction of sp³-hybridized carbons (Fsp3) is 0. The van der Waals surface area contributed by atoms with Crippen LogP contribution in [0.1, 0.15) is 0 Å². The molecule has 0 saturated heterocycles. The molecule has 0 N–H and O–H groups in total. The standard InChI is InChI=1S/C22H15BO/c23-18-7-3-6-14(10-18)17-8-9-21-19(12-17)20-11-15-4-1-2-5-16(15)13-22(20)24-21/h1-13H,23H2. The van der Waals surface area contributed by atoms with Crippen LogP contribution in [0.2, 0.25) is 0 Å². The van der Waals surface area contributed by atoms with Crippen molar-refractivity contribution in [2.24, 2.45) is 0 Å². The Labute approximate surface area is 140 Å². The molecule has 0 spiro atoms. The van der Waals surface area contributed by atoms with Gasteiger partial charge in [-0.05, 0) is 46.2 Å². The van der Waals surface area contributed by atoms with Crippen molar-refractivity contribution in [3.05, 3.63) is 78.9 Å². The fourth-order valence-corrected chi connectivity index (χ4v) is 3.47. The maximum Gasteiger partial charge on any atom is 0.139 e. The van der Waals surface area contributed by atoms with E-state index in [-0.39, 0.29) is 0 Å². The summed E-state index contributed by atoms with van der Waals surface area (Å²) in [5.41, 5.74) is 5.63. The van der Waals surface area contributed by atoms with Gasteiger partial charge >= 0.3 is 0 Å². The van der Waals surface area contributed by atoms with Gasteiger partial charge < -0.3 is 4.42 Å². The zero-order valence-electron chi connectivity index (χ0n) is 13.4. The summed E-state index contributed by atoms with van der Waals surface area (Å²) in [6.45, 7) is 0. The molecule has 0 aliphatic rings. The first-order valence-electron chi connectivity index (χ1n) is 8.20. The molecule has 0 atom stereocenters. The Bertz CT molecular complexity index is 1220. The second-order valence-electron chi connectivity index (χ2n) is 6.38. The van der Waals surface area contributed by atoms with E-state index in [4.69, 9.17) is 4.42 Å². The molecule has 0 saturated carbocycles. The number of benzene rings is 4. The summed E-state index contributed by atoms with van der Waals surface area (Å²) in [5, 5.41) is 4.81. The third-order valence-corrected chi connectivity index (χ3v) is 4.69. The highest BCUT2D eigenvalue weighted by atomic mass is 16.3. The summed E-state index contributed by atoms with van der Waals surface area (Å²) in [5.74, 6) is 0. The van der Waals surface area contributed by atoms with Gasteiger partial charge in [-0.15, -0.1) is 0 Å². The average molecular weight is 306 g/mol. The molecule has 0 fully saturated rings. The van der Waals surface area contributed by atoms with Crippen LogP contribution >= 0.6 is 0 Å². The Morgan fingerprint density at radius 2 is 1.33 bits per heavy atom. The number of hydrogen-bond donors (Lipinski definition) is 0. The van der Waals surface area contributed by atoms with E-state index in [2.05, 4.69) is 86.7 Å². The van der Waals surface area contributed by atoms with E-state index in [1.54, 1.807) is 0 Å². The van der Waals surface area contributed by atoms with Crippen LogP contribution in [0.15, 0.2) is 83.3 Å². The van der Waals surface area contributed by atoms with Crippen molar-refractivity contribution in [3.63, 3.8) is 0 Å². The summed E-state index contributed by atoms with van der Waals surface area (Å²) in [6, 6.07) is 27.9. The van der Waals surface area contributed by atoms with Gasteiger partial charge in [0.2, 0.25) is 0 Å². The molecular formula is C22H15BO. The molecule has 0 aliphatic carbocycles. The molecule has 0 bridgehead atoms. The van der Waals surface area contributed by atoms with Gasteiger partial charge in [-0.25, -0.2) is 0 Å². The van der Waals surface area contributed by atoms with Gasteiger partial charge in [-0.3, -0.25) is 0 Å². The highest BCUT2D eigenvalue weighted by Crippen LogP contribution is 2.34. The van der Waals surface area contributed by atoms with Gasteiger partial charge in [0.05, 0.1) is 0 Å².